The van der Waals surface area contributed by atoms with E-state index in [2.05, 4.69) is 15.9 Å². The molecule has 2 nitrogen and oxygen atoms in total. The number of carbonyl (C=O) groups is 1. The summed E-state index contributed by atoms with van der Waals surface area (Å²) < 4.78 is 0.646. The third kappa shape index (κ3) is 2.55. The van der Waals surface area contributed by atoms with Crippen molar-refractivity contribution in [3.8, 4) is 0 Å². The molecule has 0 aliphatic heterocycles. The molecule has 1 aliphatic rings. The van der Waals surface area contributed by atoms with Gasteiger partial charge in [0.1, 0.15) is 0 Å². The first-order valence-electron chi connectivity index (χ1n) is 4.86. The van der Waals surface area contributed by atoms with Gasteiger partial charge in [-0.2, -0.15) is 0 Å². The van der Waals surface area contributed by atoms with E-state index in [0.29, 0.717) is 15.3 Å². The van der Waals surface area contributed by atoms with E-state index in [9.17, 15) is 4.79 Å². The Morgan fingerprint density at radius 3 is 2.73 bits per heavy atom. The van der Waals surface area contributed by atoms with Gasteiger partial charge >= 0.3 is 5.97 Å². The Balaban J connectivity index is 2.17. The highest BCUT2D eigenvalue weighted by molar-refractivity contribution is 9.10. The predicted molar refractivity (Wildman–Crippen MR) is 64.6 cm³/mol. The maximum atomic E-state index is 10.9. The van der Waals surface area contributed by atoms with E-state index in [1.807, 2.05) is 12.1 Å². The molecular formula is C11H11BrO2S. The monoisotopic (exact) mass is 286 g/mol. The zero-order chi connectivity index (χ0) is 10.8. The number of thioether (sulfide) groups is 1. The minimum Gasteiger partial charge on any atom is -0.478 e. The summed E-state index contributed by atoms with van der Waals surface area (Å²) in [6.07, 6.45) is 3.81. The summed E-state index contributed by atoms with van der Waals surface area (Å²) in [4.78, 5) is 12.0. The van der Waals surface area contributed by atoms with Crippen LogP contribution in [0.5, 0.6) is 0 Å². The number of halogens is 1. The van der Waals surface area contributed by atoms with Gasteiger partial charge in [-0.25, -0.2) is 4.79 Å². The van der Waals surface area contributed by atoms with Crippen LogP contribution in [0.3, 0.4) is 0 Å². The topological polar surface area (TPSA) is 37.3 Å². The molecule has 0 unspecified atom stereocenters. The summed E-state index contributed by atoms with van der Waals surface area (Å²) in [6.45, 7) is 0. The Morgan fingerprint density at radius 2 is 2.20 bits per heavy atom. The van der Waals surface area contributed by atoms with Gasteiger partial charge in [-0.1, -0.05) is 6.42 Å². The average molecular weight is 287 g/mol. The number of rotatable bonds is 3. The highest BCUT2D eigenvalue weighted by Gasteiger charge is 2.19. The number of aromatic carboxylic acids is 1. The molecule has 1 aromatic rings. The van der Waals surface area contributed by atoms with Crippen LogP contribution < -0.4 is 0 Å². The van der Waals surface area contributed by atoms with Gasteiger partial charge in [-0.3, -0.25) is 0 Å². The van der Waals surface area contributed by atoms with E-state index in [1.54, 1.807) is 17.8 Å². The van der Waals surface area contributed by atoms with Crippen molar-refractivity contribution in [3.63, 3.8) is 0 Å². The lowest BCUT2D eigenvalue weighted by molar-refractivity contribution is 0.0695. The minimum absolute atomic E-state index is 0.347. The van der Waals surface area contributed by atoms with E-state index in [4.69, 9.17) is 5.11 Å². The zero-order valence-electron chi connectivity index (χ0n) is 8.07. The van der Waals surface area contributed by atoms with E-state index >= 15 is 0 Å². The largest absolute Gasteiger partial charge is 0.478 e. The van der Waals surface area contributed by atoms with E-state index in [-0.39, 0.29) is 0 Å². The quantitative estimate of drug-likeness (QED) is 0.919. The van der Waals surface area contributed by atoms with Gasteiger partial charge in [0.15, 0.2) is 0 Å². The predicted octanol–water partition coefficient (Wildman–Crippen LogP) is 3.79. The summed E-state index contributed by atoms with van der Waals surface area (Å²) >= 11 is 5.02. The first-order valence-corrected chi connectivity index (χ1v) is 6.53. The van der Waals surface area contributed by atoms with Crippen LogP contribution in [0.4, 0.5) is 0 Å². The first kappa shape index (κ1) is 11.0. The number of carboxylic acid groups (broad SMARTS) is 1. The van der Waals surface area contributed by atoms with Crippen molar-refractivity contribution in [1.29, 1.82) is 0 Å². The summed E-state index contributed by atoms with van der Waals surface area (Å²) in [5.41, 5.74) is 0.347. The van der Waals surface area contributed by atoms with Crippen molar-refractivity contribution < 1.29 is 9.90 Å². The molecule has 0 bridgehead atoms. The molecule has 15 heavy (non-hydrogen) atoms. The fourth-order valence-electron chi connectivity index (χ4n) is 1.42. The van der Waals surface area contributed by atoms with Gasteiger partial charge in [0, 0.05) is 14.6 Å². The summed E-state index contributed by atoms with van der Waals surface area (Å²) in [6, 6.07) is 5.53. The highest BCUT2D eigenvalue weighted by Crippen LogP contribution is 2.37. The van der Waals surface area contributed by atoms with Crippen LogP contribution in [0, 0.1) is 0 Å². The molecule has 1 N–H and O–H groups in total. The molecule has 0 aromatic heterocycles. The summed E-state index contributed by atoms with van der Waals surface area (Å²) in [5.74, 6) is -0.877. The van der Waals surface area contributed by atoms with Crippen LogP contribution in [-0.2, 0) is 0 Å². The molecule has 0 spiro atoms. The fraction of sp³-hybridized carbons (Fsp3) is 0.364. The van der Waals surface area contributed by atoms with Crippen LogP contribution in [0.15, 0.2) is 27.6 Å². The smallest absolute Gasteiger partial charge is 0.336 e. The zero-order valence-corrected chi connectivity index (χ0v) is 10.5. The lowest BCUT2D eigenvalue weighted by atomic mass is 10.00. The van der Waals surface area contributed by atoms with Crippen molar-refractivity contribution in [2.45, 2.75) is 29.4 Å². The van der Waals surface area contributed by atoms with Crippen LogP contribution in [-0.4, -0.2) is 16.3 Å². The SMILES string of the molecule is O=C(O)c1cc(SC2CCC2)ccc1Br. The van der Waals surface area contributed by atoms with Gasteiger partial charge in [0.05, 0.1) is 5.56 Å². The van der Waals surface area contributed by atoms with Gasteiger partial charge in [0.2, 0.25) is 0 Å². The number of benzene rings is 1. The second-order valence-electron chi connectivity index (χ2n) is 3.62. The van der Waals surface area contributed by atoms with E-state index in [0.717, 1.165) is 4.90 Å². The number of hydrogen-bond acceptors (Lipinski definition) is 2. The Bertz CT molecular complexity index is 388. The normalized spacial score (nSPS) is 16.1. The maximum absolute atomic E-state index is 10.9. The molecule has 0 amide bonds. The molecule has 80 valence electrons. The minimum atomic E-state index is -0.877. The molecule has 1 aromatic carbocycles. The van der Waals surface area contributed by atoms with Crippen molar-refractivity contribution in [2.24, 2.45) is 0 Å². The molecule has 0 radical (unpaired) electrons. The van der Waals surface area contributed by atoms with E-state index < -0.39 is 5.97 Å². The van der Waals surface area contributed by atoms with Crippen molar-refractivity contribution in [2.75, 3.05) is 0 Å². The summed E-state index contributed by atoms with van der Waals surface area (Å²) in [5, 5.41) is 9.64. The van der Waals surface area contributed by atoms with Gasteiger partial charge in [-0.15, -0.1) is 11.8 Å². The van der Waals surface area contributed by atoms with Crippen molar-refractivity contribution in [3.05, 3.63) is 28.2 Å². The van der Waals surface area contributed by atoms with Crippen LogP contribution in [0.25, 0.3) is 0 Å². The molecule has 1 saturated carbocycles. The van der Waals surface area contributed by atoms with Crippen LogP contribution in [0.1, 0.15) is 29.6 Å². The van der Waals surface area contributed by atoms with Gasteiger partial charge in [-0.05, 0) is 47.0 Å². The standard InChI is InChI=1S/C11H11BrO2S/c12-10-5-4-8(6-9(10)11(13)14)15-7-2-1-3-7/h4-7H,1-3H2,(H,13,14). The molecule has 0 saturated heterocycles. The third-order valence-corrected chi connectivity index (χ3v) is 4.55. The van der Waals surface area contributed by atoms with Gasteiger partial charge < -0.3 is 5.11 Å². The molecule has 0 atom stereocenters. The molecular weight excluding hydrogens is 276 g/mol. The number of hydrogen-bond donors (Lipinski definition) is 1. The molecule has 1 fully saturated rings. The first-order chi connectivity index (χ1) is 7.16. The van der Waals surface area contributed by atoms with E-state index in [1.165, 1.54) is 19.3 Å². The third-order valence-electron chi connectivity index (χ3n) is 2.52. The highest BCUT2D eigenvalue weighted by atomic mass is 79.9. The van der Waals surface area contributed by atoms with Crippen molar-refractivity contribution >= 4 is 33.7 Å². The van der Waals surface area contributed by atoms with Crippen molar-refractivity contribution in [1.82, 2.24) is 0 Å². The summed E-state index contributed by atoms with van der Waals surface area (Å²) in [7, 11) is 0. The molecule has 1 aliphatic carbocycles. The fourth-order valence-corrected chi connectivity index (χ4v) is 3.13. The molecule has 2 rings (SSSR count). The Hall–Kier alpha value is -0.480. The van der Waals surface area contributed by atoms with Crippen LogP contribution in [0.2, 0.25) is 0 Å². The lowest BCUT2D eigenvalue weighted by Crippen LogP contribution is -2.12. The second-order valence-corrected chi connectivity index (χ2v) is 5.85. The van der Waals surface area contributed by atoms with Gasteiger partial charge in [0.25, 0.3) is 0 Å². The Labute approximate surface area is 101 Å². The maximum Gasteiger partial charge on any atom is 0.336 e. The average Bonchev–Trinajstić information content (AvgIpc) is 2.13. The molecule has 0 heterocycles. The number of carboxylic acids is 1. The molecule has 4 heteroatoms. The lowest BCUT2D eigenvalue weighted by Gasteiger charge is -2.24. The second kappa shape index (κ2) is 4.58. The van der Waals surface area contributed by atoms with Crippen LogP contribution >= 0.6 is 27.7 Å². The Kier molecular flexibility index (Phi) is 3.36. The Morgan fingerprint density at radius 1 is 1.47 bits per heavy atom.